The molecule has 0 radical (unpaired) electrons. The van der Waals surface area contributed by atoms with Gasteiger partial charge in [-0.3, -0.25) is 9.36 Å². The SMILES string of the molecule is COP(=O)(OC)C1(NS(C)(=O)=O)C=CC(=O)c2ccccc21. The molecule has 0 saturated carbocycles. The molecule has 0 saturated heterocycles. The van der Waals surface area contributed by atoms with Gasteiger partial charge in [0.15, 0.2) is 11.1 Å². The number of allylic oxidation sites excluding steroid dienone is 1. The van der Waals surface area contributed by atoms with Crippen LogP contribution in [0.25, 0.3) is 0 Å². The van der Waals surface area contributed by atoms with Gasteiger partial charge in [-0.2, -0.15) is 4.72 Å². The van der Waals surface area contributed by atoms with Crippen molar-refractivity contribution in [3.63, 3.8) is 0 Å². The number of fused-ring (bicyclic) bond motifs is 1. The molecule has 0 aromatic heterocycles. The first kappa shape index (κ1) is 17.1. The smallest absolute Gasteiger partial charge is 0.310 e. The van der Waals surface area contributed by atoms with Crippen LogP contribution in [0.2, 0.25) is 0 Å². The van der Waals surface area contributed by atoms with E-state index in [0.717, 1.165) is 26.6 Å². The number of carbonyl (C=O) groups is 1. The predicted octanol–water partition coefficient (Wildman–Crippen LogP) is 1.63. The van der Waals surface area contributed by atoms with Gasteiger partial charge in [0.1, 0.15) is 0 Å². The third-order valence-corrected chi connectivity index (χ3v) is 6.50. The Morgan fingerprint density at radius 2 is 1.77 bits per heavy atom. The Morgan fingerprint density at radius 1 is 1.18 bits per heavy atom. The van der Waals surface area contributed by atoms with Crippen LogP contribution in [-0.4, -0.2) is 34.7 Å². The second kappa shape index (κ2) is 5.72. The molecule has 22 heavy (non-hydrogen) atoms. The minimum Gasteiger partial charge on any atom is -0.310 e. The van der Waals surface area contributed by atoms with E-state index in [2.05, 4.69) is 4.72 Å². The van der Waals surface area contributed by atoms with E-state index in [9.17, 15) is 17.8 Å². The summed E-state index contributed by atoms with van der Waals surface area (Å²) in [7, 11) is -5.45. The van der Waals surface area contributed by atoms with Crippen LogP contribution in [0.4, 0.5) is 0 Å². The van der Waals surface area contributed by atoms with Crippen LogP contribution in [0.1, 0.15) is 15.9 Å². The lowest BCUT2D eigenvalue weighted by Gasteiger charge is -2.38. The normalized spacial score (nSPS) is 21.7. The van der Waals surface area contributed by atoms with Gasteiger partial charge in [0.2, 0.25) is 10.0 Å². The summed E-state index contributed by atoms with van der Waals surface area (Å²) in [5.74, 6) is -0.319. The van der Waals surface area contributed by atoms with E-state index in [1.165, 1.54) is 18.2 Å². The molecule has 0 aliphatic heterocycles. The molecular weight excluding hydrogens is 329 g/mol. The highest BCUT2D eigenvalue weighted by atomic mass is 32.2. The number of nitrogens with one attached hydrogen (secondary N) is 1. The minimum absolute atomic E-state index is 0.222. The average molecular weight is 345 g/mol. The van der Waals surface area contributed by atoms with Gasteiger partial charge in [-0.25, -0.2) is 8.42 Å². The first-order valence-corrected chi connectivity index (χ1v) is 9.66. The number of hydrogen-bond donors (Lipinski definition) is 1. The standard InChI is InChI=1S/C13H16NO6PS/c1-19-21(16,20-2)13(14-22(3,17)18)9-8-12(15)10-6-4-5-7-11(10)13/h4-9,14H,1-3H3. The molecule has 1 aliphatic carbocycles. The summed E-state index contributed by atoms with van der Waals surface area (Å²) < 4.78 is 49.0. The van der Waals surface area contributed by atoms with Gasteiger partial charge < -0.3 is 9.05 Å². The molecule has 0 bridgehead atoms. The largest absolute Gasteiger partial charge is 0.359 e. The van der Waals surface area contributed by atoms with Crippen molar-refractivity contribution in [2.75, 3.05) is 20.5 Å². The Bertz CT molecular complexity index is 779. The molecule has 0 fully saturated rings. The van der Waals surface area contributed by atoms with E-state index >= 15 is 0 Å². The maximum atomic E-state index is 13.0. The fraction of sp³-hybridized carbons (Fsp3) is 0.308. The molecule has 7 nitrogen and oxygen atoms in total. The Morgan fingerprint density at radius 3 is 2.32 bits per heavy atom. The number of ketones is 1. The molecule has 0 spiro atoms. The van der Waals surface area contributed by atoms with Gasteiger partial charge in [0, 0.05) is 25.3 Å². The molecule has 120 valence electrons. The highest BCUT2D eigenvalue weighted by Crippen LogP contribution is 2.64. The second-order valence-electron chi connectivity index (χ2n) is 4.75. The summed E-state index contributed by atoms with van der Waals surface area (Å²) in [6, 6.07) is 6.28. The van der Waals surface area contributed by atoms with Crippen molar-refractivity contribution in [2.45, 2.75) is 5.28 Å². The van der Waals surface area contributed by atoms with Gasteiger partial charge in [-0.05, 0) is 12.2 Å². The van der Waals surface area contributed by atoms with Crippen molar-refractivity contribution in [2.24, 2.45) is 0 Å². The number of sulfonamides is 1. The van der Waals surface area contributed by atoms with Crippen molar-refractivity contribution >= 4 is 23.4 Å². The molecule has 1 aromatic rings. The number of rotatable bonds is 5. The lowest BCUT2D eigenvalue weighted by Crippen LogP contribution is -2.46. The number of hydrogen-bond acceptors (Lipinski definition) is 6. The first-order valence-electron chi connectivity index (χ1n) is 6.23. The zero-order chi connectivity index (χ0) is 16.6. The van der Waals surface area contributed by atoms with Crippen LogP contribution < -0.4 is 4.72 Å². The molecule has 2 rings (SSSR count). The van der Waals surface area contributed by atoms with Crippen LogP contribution in [0.3, 0.4) is 0 Å². The topological polar surface area (TPSA) is 98.8 Å². The molecule has 9 heteroatoms. The minimum atomic E-state index is -3.97. The van der Waals surface area contributed by atoms with Gasteiger partial charge >= 0.3 is 7.60 Å². The second-order valence-corrected chi connectivity index (χ2v) is 8.93. The van der Waals surface area contributed by atoms with Gasteiger partial charge in [-0.1, -0.05) is 24.3 Å². The van der Waals surface area contributed by atoms with Crippen molar-refractivity contribution in [3.05, 3.63) is 47.5 Å². The van der Waals surface area contributed by atoms with Crippen molar-refractivity contribution in [1.29, 1.82) is 0 Å². The van der Waals surface area contributed by atoms with Crippen molar-refractivity contribution in [3.8, 4) is 0 Å². The van der Waals surface area contributed by atoms with Crippen molar-refractivity contribution in [1.82, 2.24) is 4.72 Å². The molecular formula is C13H16NO6PS. The summed E-state index contributed by atoms with van der Waals surface area (Å²) in [5.41, 5.74) is 0.454. The van der Waals surface area contributed by atoms with Gasteiger partial charge in [0.05, 0.1) is 6.26 Å². The monoisotopic (exact) mass is 345 g/mol. The van der Waals surface area contributed by atoms with Crippen LogP contribution in [-0.2, 0) is 28.9 Å². The fourth-order valence-electron chi connectivity index (χ4n) is 2.44. The van der Waals surface area contributed by atoms with Crippen LogP contribution >= 0.6 is 7.60 Å². The molecule has 1 unspecified atom stereocenters. The lowest BCUT2D eigenvalue weighted by molar-refractivity contribution is 0.104. The lowest BCUT2D eigenvalue weighted by atomic mass is 9.92. The summed E-state index contributed by atoms with van der Waals surface area (Å²) >= 11 is 0. The fourth-order valence-corrected chi connectivity index (χ4v) is 5.60. The summed E-state index contributed by atoms with van der Waals surface area (Å²) in [6.07, 6.45) is 3.30. The summed E-state index contributed by atoms with van der Waals surface area (Å²) in [6.45, 7) is 0. The Labute approximate surface area is 128 Å². The van der Waals surface area contributed by atoms with Gasteiger partial charge in [-0.15, -0.1) is 0 Å². The third kappa shape index (κ3) is 2.68. The average Bonchev–Trinajstić information content (AvgIpc) is 2.48. The van der Waals surface area contributed by atoms with E-state index in [1.807, 2.05) is 0 Å². The zero-order valence-corrected chi connectivity index (χ0v) is 14.0. The molecule has 1 aromatic carbocycles. The quantitative estimate of drug-likeness (QED) is 0.815. The Kier molecular flexibility index (Phi) is 4.43. The maximum absolute atomic E-state index is 13.0. The number of carbonyl (C=O) groups excluding carboxylic acids is 1. The molecule has 1 aliphatic rings. The summed E-state index contributed by atoms with van der Waals surface area (Å²) in [5, 5.41) is -1.80. The van der Waals surface area contributed by atoms with E-state index in [4.69, 9.17) is 9.05 Å². The molecule has 0 heterocycles. The first-order chi connectivity index (χ1) is 10.2. The van der Waals surface area contributed by atoms with Crippen LogP contribution in [0.15, 0.2) is 36.4 Å². The molecule has 1 atom stereocenters. The van der Waals surface area contributed by atoms with E-state index in [1.54, 1.807) is 12.1 Å². The van der Waals surface area contributed by atoms with Crippen molar-refractivity contribution < 1.29 is 26.8 Å². The van der Waals surface area contributed by atoms with E-state index < -0.39 is 22.9 Å². The maximum Gasteiger partial charge on any atom is 0.359 e. The van der Waals surface area contributed by atoms with Gasteiger partial charge in [0.25, 0.3) is 0 Å². The predicted molar refractivity (Wildman–Crippen MR) is 81.2 cm³/mol. The highest BCUT2D eigenvalue weighted by Gasteiger charge is 2.54. The number of benzene rings is 1. The zero-order valence-electron chi connectivity index (χ0n) is 12.3. The van der Waals surface area contributed by atoms with Crippen LogP contribution in [0, 0.1) is 0 Å². The highest BCUT2D eigenvalue weighted by molar-refractivity contribution is 7.89. The van der Waals surface area contributed by atoms with E-state index in [0.29, 0.717) is 0 Å². The van der Waals surface area contributed by atoms with E-state index in [-0.39, 0.29) is 16.9 Å². The Hall–Kier alpha value is -1.31. The summed E-state index contributed by atoms with van der Waals surface area (Å²) in [4.78, 5) is 12.0. The molecule has 0 amide bonds. The van der Waals surface area contributed by atoms with Crippen LogP contribution in [0.5, 0.6) is 0 Å². The third-order valence-electron chi connectivity index (χ3n) is 3.33. The Balaban J connectivity index is 2.84. The molecule has 1 N–H and O–H groups in total.